The monoisotopic (exact) mass is 326 g/mol. The van der Waals surface area contributed by atoms with E-state index < -0.39 is 5.79 Å². The Morgan fingerprint density at radius 2 is 1.79 bits per heavy atom. The van der Waals surface area contributed by atoms with E-state index >= 15 is 0 Å². The number of rotatable bonds is 6. The fraction of sp³-hybridized carbons (Fsp3) is 0.429. The molecule has 1 fully saturated rings. The van der Waals surface area contributed by atoms with E-state index in [2.05, 4.69) is 30.3 Å². The fourth-order valence-corrected chi connectivity index (χ4v) is 3.54. The second kappa shape index (κ2) is 7.82. The number of benzene rings is 2. The van der Waals surface area contributed by atoms with Crippen LogP contribution in [0.1, 0.15) is 42.7 Å². The van der Waals surface area contributed by atoms with Crippen molar-refractivity contribution in [2.24, 2.45) is 0 Å². The predicted octanol–water partition coefficient (Wildman–Crippen LogP) is 4.91. The molecule has 3 heteroatoms. The summed E-state index contributed by atoms with van der Waals surface area (Å²) in [6.45, 7) is 0.592. The molecular weight excluding hydrogens is 300 g/mol. The van der Waals surface area contributed by atoms with E-state index in [0.29, 0.717) is 12.5 Å². The number of hydrogen-bond donors (Lipinski definition) is 0. The summed E-state index contributed by atoms with van der Waals surface area (Å²) in [6.07, 6.45) is 4.13. The van der Waals surface area contributed by atoms with Crippen LogP contribution in [0.2, 0.25) is 0 Å². The maximum absolute atomic E-state index is 5.97. The van der Waals surface area contributed by atoms with Gasteiger partial charge in [-0.1, -0.05) is 42.5 Å². The van der Waals surface area contributed by atoms with Gasteiger partial charge in [0.1, 0.15) is 12.4 Å². The van der Waals surface area contributed by atoms with Crippen molar-refractivity contribution in [3.05, 3.63) is 65.7 Å². The molecule has 1 atom stereocenters. The molecule has 1 aliphatic carbocycles. The van der Waals surface area contributed by atoms with Crippen LogP contribution in [-0.2, 0) is 16.1 Å². The third kappa shape index (κ3) is 3.97. The highest BCUT2D eigenvalue weighted by Gasteiger charge is 2.37. The van der Waals surface area contributed by atoms with E-state index in [0.717, 1.165) is 31.4 Å². The van der Waals surface area contributed by atoms with Gasteiger partial charge < -0.3 is 14.2 Å². The van der Waals surface area contributed by atoms with Gasteiger partial charge in [0, 0.05) is 27.1 Å². The van der Waals surface area contributed by atoms with Crippen molar-refractivity contribution >= 4 is 0 Å². The Morgan fingerprint density at radius 3 is 2.54 bits per heavy atom. The van der Waals surface area contributed by atoms with E-state index in [4.69, 9.17) is 14.2 Å². The van der Waals surface area contributed by atoms with E-state index in [1.54, 1.807) is 14.2 Å². The van der Waals surface area contributed by atoms with Crippen LogP contribution >= 0.6 is 0 Å². The lowest BCUT2D eigenvalue weighted by atomic mass is 9.80. The molecule has 2 aromatic carbocycles. The van der Waals surface area contributed by atoms with Crippen LogP contribution in [0.25, 0.3) is 0 Å². The molecule has 1 aliphatic rings. The zero-order chi connectivity index (χ0) is 16.8. The first-order valence-electron chi connectivity index (χ1n) is 8.62. The summed E-state index contributed by atoms with van der Waals surface area (Å²) >= 11 is 0. The second-order valence-electron chi connectivity index (χ2n) is 6.46. The van der Waals surface area contributed by atoms with Gasteiger partial charge in [0.2, 0.25) is 0 Å². The molecule has 1 unspecified atom stereocenters. The lowest BCUT2D eigenvalue weighted by molar-refractivity contribution is -0.226. The average Bonchev–Trinajstić information content (AvgIpc) is 2.67. The first-order chi connectivity index (χ1) is 11.7. The molecule has 0 radical (unpaired) electrons. The summed E-state index contributed by atoms with van der Waals surface area (Å²) < 4.78 is 17.3. The zero-order valence-corrected chi connectivity index (χ0v) is 14.5. The molecule has 0 saturated heterocycles. The summed E-state index contributed by atoms with van der Waals surface area (Å²) in [5, 5.41) is 0. The van der Waals surface area contributed by atoms with Crippen molar-refractivity contribution < 1.29 is 14.2 Å². The van der Waals surface area contributed by atoms with Gasteiger partial charge in [-0.2, -0.15) is 0 Å². The lowest BCUT2D eigenvalue weighted by Gasteiger charge is -2.38. The Kier molecular flexibility index (Phi) is 5.54. The highest BCUT2D eigenvalue weighted by atomic mass is 16.7. The third-order valence-electron chi connectivity index (χ3n) is 4.99. The maximum atomic E-state index is 5.97. The highest BCUT2D eigenvalue weighted by Crippen LogP contribution is 2.41. The van der Waals surface area contributed by atoms with Crippen LogP contribution < -0.4 is 4.74 Å². The Hall–Kier alpha value is -1.84. The molecule has 0 aliphatic heterocycles. The summed E-state index contributed by atoms with van der Waals surface area (Å²) in [7, 11) is 3.48. The number of ether oxygens (including phenoxy) is 3. The quantitative estimate of drug-likeness (QED) is 0.706. The van der Waals surface area contributed by atoms with Gasteiger partial charge in [0.15, 0.2) is 5.79 Å². The predicted molar refractivity (Wildman–Crippen MR) is 95.2 cm³/mol. The van der Waals surface area contributed by atoms with Crippen LogP contribution in [0.5, 0.6) is 5.75 Å². The molecule has 0 amide bonds. The van der Waals surface area contributed by atoms with Crippen molar-refractivity contribution in [1.82, 2.24) is 0 Å². The second-order valence-corrected chi connectivity index (χ2v) is 6.46. The Bertz CT molecular complexity index is 635. The van der Waals surface area contributed by atoms with E-state index in [1.165, 1.54) is 11.1 Å². The largest absolute Gasteiger partial charge is 0.489 e. The van der Waals surface area contributed by atoms with Crippen molar-refractivity contribution in [3.8, 4) is 5.75 Å². The minimum Gasteiger partial charge on any atom is -0.489 e. The molecule has 0 heterocycles. The van der Waals surface area contributed by atoms with Gasteiger partial charge >= 0.3 is 0 Å². The summed E-state index contributed by atoms with van der Waals surface area (Å²) in [6, 6.07) is 18.7. The molecule has 24 heavy (non-hydrogen) atoms. The minimum absolute atomic E-state index is 0.441. The standard InChI is InChI=1S/C21H26O3/c1-22-21(23-2)13-7-11-19(15-21)18-10-6-12-20(14-18)24-16-17-8-4-3-5-9-17/h3-6,8-10,12,14,19H,7,11,13,15-16H2,1-2H3. The SMILES string of the molecule is COC1(OC)CCCC(c2cccc(OCc3ccccc3)c2)C1. The lowest BCUT2D eigenvalue weighted by Crippen LogP contribution is -2.38. The van der Waals surface area contributed by atoms with Gasteiger partial charge in [-0.3, -0.25) is 0 Å². The Labute approximate surface area is 144 Å². The third-order valence-corrected chi connectivity index (χ3v) is 4.99. The molecule has 3 rings (SSSR count). The van der Waals surface area contributed by atoms with Crippen LogP contribution in [0.15, 0.2) is 54.6 Å². The van der Waals surface area contributed by atoms with Crippen LogP contribution in [-0.4, -0.2) is 20.0 Å². The summed E-state index contributed by atoms with van der Waals surface area (Å²) in [5.74, 6) is 0.922. The van der Waals surface area contributed by atoms with Gasteiger partial charge in [0.05, 0.1) is 0 Å². The average molecular weight is 326 g/mol. The van der Waals surface area contributed by atoms with Crippen LogP contribution in [0, 0.1) is 0 Å². The van der Waals surface area contributed by atoms with Gasteiger partial charge in [-0.15, -0.1) is 0 Å². The van der Waals surface area contributed by atoms with Crippen molar-refractivity contribution in [3.63, 3.8) is 0 Å². The number of methoxy groups -OCH3 is 2. The molecule has 2 aromatic rings. The maximum Gasteiger partial charge on any atom is 0.168 e. The molecule has 0 bridgehead atoms. The molecular formula is C21H26O3. The minimum atomic E-state index is -0.441. The molecule has 0 spiro atoms. The fourth-order valence-electron chi connectivity index (χ4n) is 3.54. The van der Waals surface area contributed by atoms with Crippen molar-refractivity contribution in [1.29, 1.82) is 0 Å². The van der Waals surface area contributed by atoms with E-state index in [9.17, 15) is 0 Å². The van der Waals surface area contributed by atoms with Gasteiger partial charge in [0.25, 0.3) is 0 Å². The first-order valence-corrected chi connectivity index (χ1v) is 8.62. The normalized spacial score (nSPS) is 19.8. The number of hydrogen-bond acceptors (Lipinski definition) is 3. The van der Waals surface area contributed by atoms with E-state index in [1.807, 2.05) is 24.3 Å². The van der Waals surface area contributed by atoms with Crippen LogP contribution in [0.4, 0.5) is 0 Å². The van der Waals surface area contributed by atoms with Crippen molar-refractivity contribution in [2.75, 3.05) is 14.2 Å². The Morgan fingerprint density at radius 1 is 1.00 bits per heavy atom. The Balaban J connectivity index is 1.68. The molecule has 0 aromatic heterocycles. The van der Waals surface area contributed by atoms with Gasteiger partial charge in [-0.25, -0.2) is 0 Å². The molecule has 128 valence electrons. The van der Waals surface area contributed by atoms with E-state index in [-0.39, 0.29) is 0 Å². The topological polar surface area (TPSA) is 27.7 Å². The highest BCUT2D eigenvalue weighted by molar-refractivity contribution is 5.31. The smallest absolute Gasteiger partial charge is 0.168 e. The summed E-state index contributed by atoms with van der Waals surface area (Å²) in [4.78, 5) is 0. The molecule has 3 nitrogen and oxygen atoms in total. The van der Waals surface area contributed by atoms with Gasteiger partial charge in [-0.05, 0) is 42.0 Å². The van der Waals surface area contributed by atoms with Crippen LogP contribution in [0.3, 0.4) is 0 Å². The molecule has 0 N–H and O–H groups in total. The zero-order valence-electron chi connectivity index (χ0n) is 14.5. The van der Waals surface area contributed by atoms with Crippen molar-refractivity contribution in [2.45, 2.75) is 44.0 Å². The summed E-state index contributed by atoms with van der Waals surface area (Å²) in [5.41, 5.74) is 2.48. The molecule has 1 saturated carbocycles. The first kappa shape index (κ1) is 17.0.